The smallest absolute Gasteiger partial charge is 0.133 e. The molecule has 8 heavy (non-hydrogen) atoms. The molecule has 0 fully saturated rings. The molecule has 0 aliphatic rings. The van der Waals surface area contributed by atoms with Crippen LogP contribution in [0.4, 0.5) is 0 Å². The van der Waals surface area contributed by atoms with E-state index in [1.807, 2.05) is 0 Å². The second-order valence-electron chi connectivity index (χ2n) is 2.68. The van der Waals surface area contributed by atoms with E-state index in [2.05, 4.69) is 36.0 Å². The lowest BCUT2D eigenvalue weighted by atomic mass is 11.2. The molecule has 1 nitrogen and oxygen atoms in total. The molecule has 0 aromatic heterocycles. The van der Waals surface area contributed by atoms with Crippen LogP contribution in [-0.2, 0) is 4.74 Å². The lowest BCUT2D eigenvalue weighted by Crippen LogP contribution is -2.16. The van der Waals surface area contributed by atoms with Gasteiger partial charge in [-0.25, -0.2) is 0 Å². The van der Waals surface area contributed by atoms with Crippen LogP contribution in [0, 0.1) is 11.7 Å². The van der Waals surface area contributed by atoms with Crippen LogP contribution in [0.25, 0.3) is 0 Å². The van der Waals surface area contributed by atoms with Crippen molar-refractivity contribution in [2.45, 2.75) is 19.6 Å². The fourth-order valence-corrected chi connectivity index (χ4v) is 0.612. The third-order valence-electron chi connectivity index (χ3n) is 0.528. The van der Waals surface area contributed by atoms with Crippen LogP contribution in [0.1, 0.15) is 0 Å². The summed E-state index contributed by atoms with van der Waals surface area (Å²) in [4.78, 5) is 0. The van der Waals surface area contributed by atoms with E-state index >= 15 is 0 Å². The fraction of sp³-hybridized carbons (Fsp3) is 0.667. The first-order valence-electron chi connectivity index (χ1n) is 2.61. The molecule has 0 bridgehead atoms. The molecule has 0 spiro atoms. The van der Waals surface area contributed by atoms with Gasteiger partial charge in [-0.15, -0.1) is 0 Å². The van der Waals surface area contributed by atoms with Gasteiger partial charge in [0.15, 0.2) is 0 Å². The Morgan fingerprint density at radius 3 is 1.88 bits per heavy atom. The van der Waals surface area contributed by atoms with E-state index < -0.39 is 8.07 Å². The number of ether oxygens (including phenoxy) is 1. The summed E-state index contributed by atoms with van der Waals surface area (Å²) in [6.07, 6.45) is 2.60. The van der Waals surface area contributed by atoms with Crippen molar-refractivity contribution < 1.29 is 4.74 Å². The first-order valence-corrected chi connectivity index (χ1v) is 6.11. The molecule has 0 saturated carbocycles. The van der Waals surface area contributed by atoms with Gasteiger partial charge in [-0.2, -0.15) is 0 Å². The first-order chi connectivity index (χ1) is 3.56. The van der Waals surface area contributed by atoms with Crippen LogP contribution in [-0.4, -0.2) is 15.2 Å². The summed E-state index contributed by atoms with van der Waals surface area (Å²) in [6.45, 7) is 6.54. The number of hydrogen-bond acceptors (Lipinski definition) is 1. The Balaban J connectivity index is 3.69. The van der Waals surface area contributed by atoms with E-state index in [0.717, 1.165) is 0 Å². The molecule has 0 heterocycles. The summed E-state index contributed by atoms with van der Waals surface area (Å²) in [5.74, 6) is 0. The molecule has 0 aromatic carbocycles. The van der Waals surface area contributed by atoms with Crippen molar-refractivity contribution in [3.05, 3.63) is 0 Å². The van der Waals surface area contributed by atoms with Crippen LogP contribution in [0.2, 0.25) is 19.6 Å². The van der Waals surface area contributed by atoms with Crippen molar-refractivity contribution in [3.63, 3.8) is 0 Å². The molecule has 0 aliphatic heterocycles. The molecule has 0 amide bonds. The summed E-state index contributed by atoms with van der Waals surface area (Å²) < 4.78 is 4.59. The van der Waals surface area contributed by atoms with Gasteiger partial charge in [-0.3, -0.25) is 0 Å². The Bertz CT molecular complexity index is 113. The topological polar surface area (TPSA) is 9.23 Å². The van der Waals surface area contributed by atoms with Crippen molar-refractivity contribution in [1.82, 2.24) is 0 Å². The summed E-state index contributed by atoms with van der Waals surface area (Å²) in [5.41, 5.74) is 3.04. The summed E-state index contributed by atoms with van der Waals surface area (Å²) in [6, 6.07) is 0. The van der Waals surface area contributed by atoms with Crippen LogP contribution in [0.5, 0.6) is 0 Å². The van der Waals surface area contributed by atoms with E-state index in [4.69, 9.17) is 0 Å². The Morgan fingerprint density at radius 1 is 1.25 bits per heavy atom. The molecule has 46 valence electrons. The Hall–Kier alpha value is -0.423. The highest BCUT2D eigenvalue weighted by Gasteiger charge is 2.07. The van der Waals surface area contributed by atoms with Gasteiger partial charge in [0.2, 0.25) is 0 Å². The van der Waals surface area contributed by atoms with Crippen LogP contribution in [0.15, 0.2) is 0 Å². The molecule has 0 rings (SSSR count). The van der Waals surface area contributed by atoms with Gasteiger partial charge in [0.1, 0.15) is 14.2 Å². The van der Waals surface area contributed by atoms with Gasteiger partial charge >= 0.3 is 0 Å². The molecule has 0 atom stereocenters. The van der Waals surface area contributed by atoms with E-state index in [1.54, 1.807) is 7.11 Å². The average Bonchev–Trinajstić information content (AvgIpc) is 1.59. The Labute approximate surface area is 52.1 Å². The molecule has 0 radical (unpaired) electrons. The van der Waals surface area contributed by atoms with Gasteiger partial charge in [0, 0.05) is 0 Å². The highest BCUT2D eigenvalue weighted by atomic mass is 28.3. The van der Waals surface area contributed by atoms with E-state index in [0.29, 0.717) is 0 Å². The van der Waals surface area contributed by atoms with E-state index in [-0.39, 0.29) is 0 Å². The van der Waals surface area contributed by atoms with Gasteiger partial charge in [-0.05, 0) is 0 Å². The predicted octanol–water partition coefficient (Wildman–Crippen LogP) is 1.47. The normalized spacial score (nSPS) is 9.50. The maximum absolute atomic E-state index is 4.59. The highest BCUT2D eigenvalue weighted by Crippen LogP contribution is 1.95. The lowest BCUT2D eigenvalue weighted by Gasteiger charge is -2.01. The van der Waals surface area contributed by atoms with E-state index in [9.17, 15) is 0 Å². The van der Waals surface area contributed by atoms with Gasteiger partial charge in [-0.1, -0.05) is 25.2 Å². The lowest BCUT2D eigenvalue weighted by molar-refractivity contribution is 0.372. The van der Waals surface area contributed by atoms with Crippen molar-refractivity contribution in [2.24, 2.45) is 0 Å². The quantitative estimate of drug-likeness (QED) is 0.354. The minimum Gasteiger partial charge on any atom is -0.450 e. The SMILES string of the molecule is COC#C[Si](C)(C)C. The third-order valence-corrected chi connectivity index (χ3v) is 1.38. The summed E-state index contributed by atoms with van der Waals surface area (Å²) in [5, 5.41) is 0. The molecule has 0 N–H and O–H groups in total. The zero-order chi connectivity index (χ0) is 6.62. The van der Waals surface area contributed by atoms with Crippen LogP contribution in [0.3, 0.4) is 0 Å². The van der Waals surface area contributed by atoms with Gasteiger partial charge < -0.3 is 4.74 Å². The fourth-order valence-electron chi connectivity index (χ4n) is 0.204. The molecule has 0 aliphatic carbocycles. The molecule has 0 unspecified atom stereocenters. The zero-order valence-electron chi connectivity index (χ0n) is 5.91. The molecular formula is C6H12OSi. The molecule has 2 heteroatoms. The van der Waals surface area contributed by atoms with Gasteiger partial charge in [0.05, 0.1) is 7.11 Å². The highest BCUT2D eigenvalue weighted by molar-refractivity contribution is 6.83. The molecule has 0 saturated heterocycles. The monoisotopic (exact) mass is 128 g/mol. The zero-order valence-corrected chi connectivity index (χ0v) is 6.91. The van der Waals surface area contributed by atoms with Crippen molar-refractivity contribution in [1.29, 1.82) is 0 Å². The number of rotatable bonds is 0. The number of hydrogen-bond donors (Lipinski definition) is 0. The Morgan fingerprint density at radius 2 is 1.75 bits per heavy atom. The minimum atomic E-state index is -1.16. The maximum Gasteiger partial charge on any atom is 0.133 e. The third kappa shape index (κ3) is 5.58. The molecule has 0 aromatic rings. The number of methoxy groups -OCH3 is 1. The standard InChI is InChI=1S/C6H12OSi/c1-7-5-6-8(2,3)4/h1-4H3. The van der Waals surface area contributed by atoms with Crippen molar-refractivity contribution >= 4 is 8.07 Å². The average molecular weight is 128 g/mol. The summed E-state index contributed by atoms with van der Waals surface area (Å²) >= 11 is 0. The van der Waals surface area contributed by atoms with E-state index in [1.165, 1.54) is 0 Å². The Kier molecular flexibility index (Phi) is 2.63. The first kappa shape index (κ1) is 7.58. The molecular weight excluding hydrogens is 116 g/mol. The predicted molar refractivity (Wildman–Crippen MR) is 38.1 cm³/mol. The largest absolute Gasteiger partial charge is 0.450 e. The van der Waals surface area contributed by atoms with Gasteiger partial charge in [0.25, 0.3) is 0 Å². The second kappa shape index (κ2) is 2.78. The second-order valence-corrected chi connectivity index (χ2v) is 7.43. The maximum atomic E-state index is 4.59. The van der Waals surface area contributed by atoms with Crippen LogP contribution >= 0.6 is 0 Å². The van der Waals surface area contributed by atoms with Crippen LogP contribution < -0.4 is 0 Å². The minimum absolute atomic E-state index is 1.16. The van der Waals surface area contributed by atoms with Crippen molar-refractivity contribution in [3.8, 4) is 11.7 Å². The summed E-state index contributed by atoms with van der Waals surface area (Å²) in [7, 11) is 0.426. The van der Waals surface area contributed by atoms with Crippen molar-refractivity contribution in [2.75, 3.05) is 7.11 Å².